The number of rotatable bonds is 6. The fraction of sp³-hybridized carbons (Fsp3) is 0.385. The van der Waals surface area contributed by atoms with Crippen molar-refractivity contribution < 1.29 is 27.5 Å². The number of ketones is 1. The predicted octanol–water partition coefficient (Wildman–Crippen LogP) is 4.83. The van der Waals surface area contributed by atoms with Crippen molar-refractivity contribution in [2.45, 2.75) is 32.9 Å². The van der Waals surface area contributed by atoms with Crippen LogP contribution in [0.2, 0.25) is 0 Å². The molecule has 0 spiro atoms. The van der Waals surface area contributed by atoms with E-state index in [2.05, 4.69) is 10.1 Å². The van der Waals surface area contributed by atoms with Gasteiger partial charge in [-0.1, -0.05) is 26.0 Å². The van der Waals surface area contributed by atoms with Gasteiger partial charge in [-0.2, -0.15) is 18.3 Å². The van der Waals surface area contributed by atoms with E-state index in [9.17, 15) is 22.8 Å². The highest BCUT2D eigenvalue weighted by atomic mass is 19.4. The van der Waals surface area contributed by atoms with Crippen molar-refractivity contribution in [1.82, 2.24) is 19.7 Å². The van der Waals surface area contributed by atoms with E-state index in [-0.39, 0.29) is 17.1 Å². The summed E-state index contributed by atoms with van der Waals surface area (Å²) in [6.45, 7) is 4.79. The normalized spacial score (nSPS) is 15.0. The Kier molecular flexibility index (Phi) is 6.74. The number of carbonyl (C=O) groups is 2. The highest BCUT2D eigenvalue weighted by Gasteiger charge is 2.37. The lowest BCUT2D eigenvalue weighted by Gasteiger charge is -2.29. The van der Waals surface area contributed by atoms with Crippen molar-refractivity contribution in [2.24, 2.45) is 5.41 Å². The number of hydrogen-bond acceptors (Lipinski definition) is 5. The summed E-state index contributed by atoms with van der Waals surface area (Å²) >= 11 is 0. The van der Waals surface area contributed by atoms with Crippen LogP contribution in [0, 0.1) is 5.41 Å². The van der Waals surface area contributed by atoms with E-state index in [1.165, 1.54) is 23.2 Å². The number of ether oxygens (including phenoxy) is 1. The zero-order valence-corrected chi connectivity index (χ0v) is 20.5. The molecule has 2 heterocycles. The van der Waals surface area contributed by atoms with Crippen LogP contribution in [0.4, 0.5) is 13.2 Å². The summed E-state index contributed by atoms with van der Waals surface area (Å²) in [4.78, 5) is 31.7. The van der Waals surface area contributed by atoms with Gasteiger partial charge in [-0.25, -0.2) is 9.67 Å². The number of amides is 1. The standard InChI is InChI=1S/C26H27F3N4O3/c1-25(2)13-19-22(20(34)14-25)23(16-5-8-18(9-6-16)26(27,28)29)31-33(19)21-10-7-17(15-30-21)24(35)32(3)11-12-36-4/h5-10,15H,11-14H2,1-4H3. The molecule has 36 heavy (non-hydrogen) atoms. The molecule has 0 N–H and O–H groups in total. The third kappa shape index (κ3) is 5.04. The van der Waals surface area contributed by atoms with Crippen molar-refractivity contribution >= 4 is 11.7 Å². The van der Waals surface area contributed by atoms with Gasteiger partial charge in [0.1, 0.15) is 5.69 Å². The Morgan fingerprint density at radius 1 is 1.14 bits per heavy atom. The first kappa shape index (κ1) is 25.6. The Labute approximate surface area is 206 Å². The summed E-state index contributed by atoms with van der Waals surface area (Å²) in [7, 11) is 3.23. The first-order chi connectivity index (χ1) is 16.9. The van der Waals surface area contributed by atoms with Gasteiger partial charge in [0, 0.05) is 38.9 Å². The summed E-state index contributed by atoms with van der Waals surface area (Å²) in [5.41, 5.74) is 1.07. The lowest BCUT2D eigenvalue weighted by Crippen LogP contribution is -2.30. The van der Waals surface area contributed by atoms with Gasteiger partial charge in [0.2, 0.25) is 0 Å². The molecule has 7 nitrogen and oxygen atoms in total. The summed E-state index contributed by atoms with van der Waals surface area (Å²) < 4.78 is 45.7. The van der Waals surface area contributed by atoms with Crippen LogP contribution in [-0.4, -0.2) is 58.7 Å². The third-order valence-electron chi connectivity index (χ3n) is 6.22. The maximum atomic E-state index is 13.2. The molecular formula is C26H27F3N4O3. The molecule has 0 unspecified atom stereocenters. The van der Waals surface area contributed by atoms with Crippen LogP contribution >= 0.6 is 0 Å². The molecule has 1 aliphatic rings. The SMILES string of the molecule is COCCN(C)C(=O)c1ccc(-n2nc(-c3ccc(C(F)(F)F)cc3)c3c2CC(C)(C)CC3=O)nc1. The van der Waals surface area contributed by atoms with Gasteiger partial charge in [0.05, 0.1) is 29.0 Å². The maximum Gasteiger partial charge on any atom is 0.416 e. The second-order valence-electron chi connectivity index (χ2n) is 9.72. The molecule has 0 fully saturated rings. The number of halogens is 3. The number of hydrogen-bond donors (Lipinski definition) is 0. The number of aromatic nitrogens is 3. The van der Waals surface area contributed by atoms with E-state index in [1.807, 2.05) is 13.8 Å². The number of alkyl halides is 3. The molecule has 4 rings (SSSR count). The quantitative estimate of drug-likeness (QED) is 0.485. The number of carbonyl (C=O) groups excluding carboxylic acids is 2. The summed E-state index contributed by atoms with van der Waals surface area (Å²) in [6.07, 6.45) is -2.18. The molecule has 1 amide bonds. The minimum Gasteiger partial charge on any atom is -0.383 e. The number of likely N-dealkylation sites (N-methyl/N-ethyl adjacent to an activating group) is 1. The lowest BCUT2D eigenvalue weighted by molar-refractivity contribution is -0.137. The van der Waals surface area contributed by atoms with Crippen LogP contribution in [0.15, 0.2) is 42.6 Å². The van der Waals surface area contributed by atoms with Gasteiger partial charge in [0.25, 0.3) is 5.91 Å². The number of Topliss-reactive ketones (excluding diaryl/α,β-unsaturated/α-hetero) is 1. The van der Waals surface area contributed by atoms with Crippen LogP contribution in [-0.2, 0) is 17.3 Å². The molecule has 0 bridgehead atoms. The monoisotopic (exact) mass is 500 g/mol. The van der Waals surface area contributed by atoms with E-state index in [4.69, 9.17) is 4.74 Å². The first-order valence-corrected chi connectivity index (χ1v) is 11.4. The number of pyridine rings is 1. The predicted molar refractivity (Wildman–Crippen MR) is 127 cm³/mol. The smallest absolute Gasteiger partial charge is 0.383 e. The minimum atomic E-state index is -4.46. The van der Waals surface area contributed by atoms with E-state index in [0.29, 0.717) is 59.9 Å². The summed E-state index contributed by atoms with van der Waals surface area (Å²) in [6, 6.07) is 7.90. The Morgan fingerprint density at radius 3 is 2.42 bits per heavy atom. The van der Waals surface area contributed by atoms with E-state index in [1.54, 1.807) is 31.0 Å². The zero-order chi connectivity index (χ0) is 26.3. The largest absolute Gasteiger partial charge is 0.416 e. The van der Waals surface area contributed by atoms with E-state index >= 15 is 0 Å². The minimum absolute atomic E-state index is 0.117. The van der Waals surface area contributed by atoms with Crippen molar-refractivity contribution in [3.8, 4) is 17.1 Å². The molecule has 10 heteroatoms. The van der Waals surface area contributed by atoms with Crippen LogP contribution in [0.1, 0.15) is 52.2 Å². The van der Waals surface area contributed by atoms with Gasteiger partial charge in [0.15, 0.2) is 11.6 Å². The second kappa shape index (κ2) is 9.50. The molecule has 1 aliphatic carbocycles. The number of fused-ring (bicyclic) bond motifs is 1. The highest BCUT2D eigenvalue weighted by molar-refractivity contribution is 6.04. The van der Waals surface area contributed by atoms with E-state index < -0.39 is 11.7 Å². The summed E-state index contributed by atoms with van der Waals surface area (Å²) in [5, 5.41) is 4.63. The van der Waals surface area contributed by atoms with Crippen molar-refractivity contribution in [3.05, 3.63) is 65.0 Å². The molecule has 0 aliphatic heterocycles. The molecule has 0 saturated heterocycles. The van der Waals surface area contributed by atoms with Gasteiger partial charge in [-0.15, -0.1) is 0 Å². The zero-order valence-electron chi connectivity index (χ0n) is 20.5. The molecule has 0 radical (unpaired) electrons. The molecule has 190 valence electrons. The summed E-state index contributed by atoms with van der Waals surface area (Å²) in [5.74, 6) is 0.0790. The van der Waals surface area contributed by atoms with Gasteiger partial charge >= 0.3 is 6.18 Å². The Bertz CT molecular complexity index is 1280. The molecule has 0 atom stereocenters. The molecule has 0 saturated carbocycles. The molecule has 3 aromatic rings. The van der Waals surface area contributed by atoms with E-state index in [0.717, 1.165) is 12.1 Å². The topological polar surface area (TPSA) is 77.3 Å². The molecular weight excluding hydrogens is 473 g/mol. The lowest BCUT2D eigenvalue weighted by atomic mass is 9.75. The van der Waals surface area contributed by atoms with Crippen molar-refractivity contribution in [2.75, 3.05) is 27.3 Å². The van der Waals surface area contributed by atoms with Crippen LogP contribution in [0.5, 0.6) is 0 Å². The third-order valence-corrected chi connectivity index (χ3v) is 6.22. The molecule has 2 aromatic heterocycles. The van der Waals surface area contributed by atoms with Crippen molar-refractivity contribution in [1.29, 1.82) is 0 Å². The van der Waals surface area contributed by atoms with Crippen LogP contribution in [0.25, 0.3) is 17.1 Å². The average Bonchev–Trinajstić information content (AvgIpc) is 3.20. The van der Waals surface area contributed by atoms with Crippen LogP contribution in [0.3, 0.4) is 0 Å². The molecule has 1 aromatic carbocycles. The number of nitrogens with zero attached hydrogens (tertiary/aromatic N) is 4. The highest BCUT2D eigenvalue weighted by Crippen LogP contribution is 2.40. The fourth-order valence-electron chi connectivity index (χ4n) is 4.34. The first-order valence-electron chi connectivity index (χ1n) is 11.4. The Balaban J connectivity index is 1.75. The fourth-order valence-corrected chi connectivity index (χ4v) is 4.34. The maximum absolute atomic E-state index is 13.2. The second-order valence-corrected chi connectivity index (χ2v) is 9.72. The van der Waals surface area contributed by atoms with Crippen molar-refractivity contribution in [3.63, 3.8) is 0 Å². The number of benzene rings is 1. The van der Waals surface area contributed by atoms with Gasteiger partial charge in [-0.3, -0.25) is 9.59 Å². The van der Waals surface area contributed by atoms with Gasteiger partial charge in [-0.05, 0) is 36.1 Å². The van der Waals surface area contributed by atoms with Crippen LogP contribution < -0.4 is 0 Å². The number of methoxy groups -OCH3 is 1. The van der Waals surface area contributed by atoms with Gasteiger partial charge < -0.3 is 9.64 Å². The Hall–Kier alpha value is -3.53. The average molecular weight is 501 g/mol. The Morgan fingerprint density at radius 2 is 1.83 bits per heavy atom.